The van der Waals surface area contributed by atoms with Gasteiger partial charge in [-0.2, -0.15) is 0 Å². The van der Waals surface area contributed by atoms with E-state index >= 15 is 0 Å². The molecule has 0 bridgehead atoms. The van der Waals surface area contributed by atoms with Crippen LogP contribution in [0.5, 0.6) is 0 Å². The molecule has 1 aromatic rings. The average molecular weight is 181 g/mol. The standard InChI is InChI=1S/C7H9N.C4H10O/c1-6-4-3-5-7(2)8-6;1-3-5-4-2/h3-5H,1-2H3;3-4H2,1-2H3. The summed E-state index contributed by atoms with van der Waals surface area (Å²) < 4.78 is 4.83. The second kappa shape index (κ2) is 7.74. The Kier molecular flexibility index (Phi) is 7.21. The Morgan fingerprint density at radius 2 is 1.54 bits per heavy atom. The number of rotatable bonds is 2. The fourth-order valence-electron chi connectivity index (χ4n) is 0.883. The van der Waals surface area contributed by atoms with Gasteiger partial charge < -0.3 is 4.74 Å². The highest BCUT2D eigenvalue weighted by Gasteiger charge is 1.82. The van der Waals surface area contributed by atoms with Gasteiger partial charge in [0, 0.05) is 24.6 Å². The van der Waals surface area contributed by atoms with Crippen LogP contribution >= 0.6 is 0 Å². The Labute approximate surface area is 81.0 Å². The van der Waals surface area contributed by atoms with Crippen LogP contribution in [-0.2, 0) is 4.74 Å². The second-order valence-electron chi connectivity index (χ2n) is 2.70. The number of nitrogens with zero attached hydrogens (tertiary/aromatic N) is 1. The van der Waals surface area contributed by atoms with Crippen LogP contribution in [0.15, 0.2) is 18.2 Å². The van der Waals surface area contributed by atoms with Gasteiger partial charge in [0.05, 0.1) is 0 Å². The molecule has 0 unspecified atom stereocenters. The lowest BCUT2D eigenvalue weighted by atomic mass is 10.3. The maximum Gasteiger partial charge on any atom is 0.0437 e. The molecule has 1 rings (SSSR count). The summed E-state index contributed by atoms with van der Waals surface area (Å²) in [7, 11) is 0. The van der Waals surface area contributed by atoms with E-state index in [2.05, 4.69) is 4.98 Å². The Hall–Kier alpha value is -0.890. The Bertz CT molecular complexity index is 204. The summed E-state index contributed by atoms with van der Waals surface area (Å²) in [6.45, 7) is 9.65. The minimum atomic E-state index is 0.844. The van der Waals surface area contributed by atoms with E-state index in [0.717, 1.165) is 24.6 Å². The molecule has 1 heterocycles. The zero-order valence-electron chi connectivity index (χ0n) is 9.00. The topological polar surface area (TPSA) is 22.1 Å². The molecule has 1 aromatic heterocycles. The van der Waals surface area contributed by atoms with Crippen LogP contribution in [0.3, 0.4) is 0 Å². The van der Waals surface area contributed by atoms with Crippen LogP contribution in [0.2, 0.25) is 0 Å². The number of pyridine rings is 1. The predicted octanol–water partition coefficient (Wildman–Crippen LogP) is 2.74. The molecule has 0 amide bonds. The van der Waals surface area contributed by atoms with E-state index in [0.29, 0.717) is 0 Å². The van der Waals surface area contributed by atoms with E-state index in [4.69, 9.17) is 4.74 Å². The van der Waals surface area contributed by atoms with Gasteiger partial charge in [0.2, 0.25) is 0 Å². The van der Waals surface area contributed by atoms with Crippen molar-refractivity contribution >= 4 is 0 Å². The first kappa shape index (κ1) is 12.1. The van der Waals surface area contributed by atoms with E-state index in [1.807, 2.05) is 45.9 Å². The van der Waals surface area contributed by atoms with Gasteiger partial charge in [-0.15, -0.1) is 0 Å². The van der Waals surface area contributed by atoms with Crippen molar-refractivity contribution in [3.63, 3.8) is 0 Å². The Morgan fingerprint density at radius 3 is 1.69 bits per heavy atom. The van der Waals surface area contributed by atoms with Gasteiger partial charge in [-0.1, -0.05) is 6.07 Å². The molecule has 0 aliphatic heterocycles. The summed E-state index contributed by atoms with van der Waals surface area (Å²) in [4.78, 5) is 4.17. The molecule has 0 atom stereocenters. The van der Waals surface area contributed by atoms with Crippen molar-refractivity contribution in [2.45, 2.75) is 27.7 Å². The third-order valence-electron chi connectivity index (χ3n) is 1.44. The number of aromatic nitrogens is 1. The average Bonchev–Trinajstić information content (AvgIpc) is 2.06. The predicted molar refractivity (Wildman–Crippen MR) is 55.9 cm³/mol. The lowest BCUT2D eigenvalue weighted by Crippen LogP contribution is -1.84. The van der Waals surface area contributed by atoms with Crippen molar-refractivity contribution in [2.24, 2.45) is 0 Å². The monoisotopic (exact) mass is 181 g/mol. The summed E-state index contributed by atoms with van der Waals surface area (Å²) >= 11 is 0. The van der Waals surface area contributed by atoms with Gasteiger partial charge in [0.1, 0.15) is 0 Å². The first-order valence-corrected chi connectivity index (χ1v) is 4.68. The zero-order valence-corrected chi connectivity index (χ0v) is 9.00. The molecule has 0 fully saturated rings. The molecular formula is C11H19NO. The molecule has 2 nitrogen and oxygen atoms in total. The SMILES string of the molecule is CCOCC.Cc1cccc(C)n1. The molecule has 0 aromatic carbocycles. The van der Waals surface area contributed by atoms with Crippen molar-refractivity contribution in [1.29, 1.82) is 0 Å². The molecular weight excluding hydrogens is 162 g/mol. The Balaban J connectivity index is 0.000000252. The van der Waals surface area contributed by atoms with Gasteiger partial charge in [-0.3, -0.25) is 4.98 Å². The van der Waals surface area contributed by atoms with Crippen LogP contribution in [0.25, 0.3) is 0 Å². The van der Waals surface area contributed by atoms with Crippen LogP contribution in [0, 0.1) is 13.8 Å². The second-order valence-corrected chi connectivity index (χ2v) is 2.70. The summed E-state index contributed by atoms with van der Waals surface area (Å²) in [5, 5.41) is 0. The zero-order chi connectivity index (χ0) is 10.1. The highest BCUT2D eigenvalue weighted by molar-refractivity contribution is 5.07. The van der Waals surface area contributed by atoms with Gasteiger partial charge in [-0.25, -0.2) is 0 Å². The highest BCUT2D eigenvalue weighted by atomic mass is 16.5. The van der Waals surface area contributed by atoms with Gasteiger partial charge in [0.25, 0.3) is 0 Å². The van der Waals surface area contributed by atoms with E-state index in [-0.39, 0.29) is 0 Å². The third-order valence-corrected chi connectivity index (χ3v) is 1.44. The Morgan fingerprint density at radius 1 is 1.08 bits per heavy atom. The lowest BCUT2D eigenvalue weighted by molar-refractivity contribution is 0.162. The molecule has 0 N–H and O–H groups in total. The molecule has 0 spiro atoms. The van der Waals surface area contributed by atoms with E-state index < -0.39 is 0 Å². The van der Waals surface area contributed by atoms with Crippen molar-refractivity contribution in [1.82, 2.24) is 4.98 Å². The lowest BCUT2D eigenvalue weighted by Gasteiger charge is -1.90. The van der Waals surface area contributed by atoms with Gasteiger partial charge in [0.15, 0.2) is 0 Å². The fraction of sp³-hybridized carbons (Fsp3) is 0.545. The number of hydrogen-bond acceptors (Lipinski definition) is 2. The van der Waals surface area contributed by atoms with Crippen molar-refractivity contribution in [2.75, 3.05) is 13.2 Å². The molecule has 74 valence electrons. The van der Waals surface area contributed by atoms with Crippen LogP contribution in [0.1, 0.15) is 25.2 Å². The quantitative estimate of drug-likeness (QED) is 0.700. The van der Waals surface area contributed by atoms with E-state index in [1.165, 1.54) is 0 Å². The molecule has 2 heteroatoms. The van der Waals surface area contributed by atoms with E-state index in [1.54, 1.807) is 0 Å². The normalized spacial score (nSPS) is 8.92. The van der Waals surface area contributed by atoms with E-state index in [9.17, 15) is 0 Å². The summed E-state index contributed by atoms with van der Waals surface area (Å²) in [5.41, 5.74) is 2.18. The van der Waals surface area contributed by atoms with Crippen molar-refractivity contribution < 1.29 is 4.74 Å². The first-order valence-electron chi connectivity index (χ1n) is 4.68. The van der Waals surface area contributed by atoms with Crippen molar-refractivity contribution in [3.05, 3.63) is 29.6 Å². The molecule has 0 saturated carbocycles. The molecule has 0 aliphatic carbocycles. The number of ether oxygens (including phenoxy) is 1. The molecule has 13 heavy (non-hydrogen) atoms. The summed E-state index contributed by atoms with van der Waals surface area (Å²) in [6, 6.07) is 6.00. The maximum absolute atomic E-state index is 4.83. The smallest absolute Gasteiger partial charge is 0.0437 e. The molecule has 0 aliphatic rings. The molecule has 0 saturated heterocycles. The highest BCUT2D eigenvalue weighted by Crippen LogP contribution is 1.93. The largest absolute Gasteiger partial charge is 0.382 e. The maximum atomic E-state index is 4.83. The van der Waals surface area contributed by atoms with Crippen LogP contribution in [0.4, 0.5) is 0 Å². The summed E-state index contributed by atoms with van der Waals surface area (Å²) in [5.74, 6) is 0. The minimum absolute atomic E-state index is 0.844. The minimum Gasteiger partial charge on any atom is -0.382 e. The number of hydrogen-bond donors (Lipinski definition) is 0. The van der Waals surface area contributed by atoms with Gasteiger partial charge >= 0.3 is 0 Å². The first-order chi connectivity index (χ1) is 6.20. The summed E-state index contributed by atoms with van der Waals surface area (Å²) in [6.07, 6.45) is 0. The van der Waals surface area contributed by atoms with Gasteiger partial charge in [-0.05, 0) is 39.8 Å². The fourth-order valence-corrected chi connectivity index (χ4v) is 0.883. The molecule has 0 radical (unpaired) electrons. The van der Waals surface area contributed by atoms with Crippen LogP contribution in [-0.4, -0.2) is 18.2 Å². The van der Waals surface area contributed by atoms with Crippen LogP contribution < -0.4 is 0 Å². The third kappa shape index (κ3) is 7.47. The van der Waals surface area contributed by atoms with Crippen molar-refractivity contribution in [3.8, 4) is 0 Å². The number of aryl methyl sites for hydroxylation is 2.